The Morgan fingerprint density at radius 2 is 1.47 bits per heavy atom. The summed E-state index contributed by atoms with van der Waals surface area (Å²) in [6, 6.07) is 0. The van der Waals surface area contributed by atoms with Gasteiger partial charge in [0, 0.05) is 0 Å². The number of unbranched alkanes of at least 4 members (excludes halogenated alkanes) is 1. The normalized spacial score (nSPS) is 9.33. The molecule has 2 nitrogen and oxygen atoms in total. The zero-order valence-corrected chi connectivity index (χ0v) is 13.3. The minimum atomic E-state index is -0.263. The van der Waals surface area contributed by atoms with Gasteiger partial charge in [-0.05, 0) is 0 Å². The van der Waals surface area contributed by atoms with E-state index in [0.29, 0.717) is 0 Å². The van der Waals surface area contributed by atoms with Crippen molar-refractivity contribution in [3.05, 3.63) is 0 Å². The summed E-state index contributed by atoms with van der Waals surface area (Å²) in [5.74, 6) is 0. The molecule has 0 aliphatic rings. The average molecular weight is 294 g/mol. The summed E-state index contributed by atoms with van der Waals surface area (Å²) in [5, 5.41) is 0. The Labute approximate surface area is 117 Å². The summed E-state index contributed by atoms with van der Waals surface area (Å²) in [5.41, 5.74) is 0. The third-order valence-corrected chi connectivity index (χ3v) is 3.40. The summed E-state index contributed by atoms with van der Waals surface area (Å²) in [4.78, 5) is 0. The second kappa shape index (κ2) is 17.6. The van der Waals surface area contributed by atoms with Crippen molar-refractivity contribution in [3.8, 4) is 0 Å². The second-order valence-corrected chi connectivity index (χ2v) is 5.00. The summed E-state index contributed by atoms with van der Waals surface area (Å²) >= 11 is -0.263. The molecule has 15 heavy (non-hydrogen) atoms. The predicted octanol–water partition coefficient (Wildman–Crippen LogP) is 3.68. The molecule has 0 aliphatic carbocycles. The van der Waals surface area contributed by atoms with Gasteiger partial charge in [-0.3, -0.25) is 0 Å². The van der Waals surface area contributed by atoms with E-state index in [1.165, 1.54) is 38.8 Å². The first kappa shape index (κ1) is 21.5. The molecule has 0 radical (unpaired) electrons. The van der Waals surface area contributed by atoms with Crippen molar-refractivity contribution in [2.45, 2.75) is 46.5 Å². The van der Waals surface area contributed by atoms with Gasteiger partial charge >= 0.3 is 92.6 Å². The van der Waals surface area contributed by atoms with Crippen LogP contribution in [0.25, 0.3) is 0 Å². The number of nitrogens with zero attached hydrogens (tertiary/aromatic N) is 1. The van der Waals surface area contributed by atoms with Gasteiger partial charge in [0.15, 0.2) is 0 Å². The van der Waals surface area contributed by atoms with Crippen molar-refractivity contribution in [3.63, 3.8) is 0 Å². The fourth-order valence-electron chi connectivity index (χ4n) is 1.10. The molecule has 0 fully saturated rings. The van der Waals surface area contributed by atoms with E-state index in [2.05, 4.69) is 24.2 Å². The summed E-state index contributed by atoms with van der Waals surface area (Å²) in [6.45, 7) is 10.1. The van der Waals surface area contributed by atoms with E-state index in [9.17, 15) is 0 Å². The zero-order valence-electron chi connectivity index (χ0n) is 10.1. The Kier molecular flexibility index (Phi) is 25.2. The molecular formula is C10H25Cl2NOTi. The van der Waals surface area contributed by atoms with Crippen LogP contribution in [0.4, 0.5) is 0 Å². The topological polar surface area (TPSA) is 12.5 Å². The van der Waals surface area contributed by atoms with Crippen LogP contribution >= 0.6 is 24.8 Å². The van der Waals surface area contributed by atoms with Crippen LogP contribution < -0.4 is 0 Å². The van der Waals surface area contributed by atoms with Crippen LogP contribution in [0, 0.1) is 0 Å². The number of rotatable bonds is 9. The zero-order chi connectivity index (χ0) is 9.94. The predicted molar refractivity (Wildman–Crippen MR) is 67.5 cm³/mol. The molecule has 94 valence electrons. The first-order valence-corrected chi connectivity index (χ1v) is 6.81. The van der Waals surface area contributed by atoms with E-state index in [1.807, 2.05) is 0 Å². The van der Waals surface area contributed by atoms with Crippen molar-refractivity contribution in [1.82, 2.24) is 3.38 Å². The maximum absolute atomic E-state index is 5.69. The van der Waals surface area contributed by atoms with Crippen LogP contribution in [0.5, 0.6) is 0 Å². The maximum atomic E-state index is 5.69. The van der Waals surface area contributed by atoms with E-state index in [-0.39, 0.29) is 44.6 Å². The van der Waals surface area contributed by atoms with E-state index in [4.69, 9.17) is 3.32 Å². The molecule has 0 spiro atoms. The number of halogens is 2. The third-order valence-electron chi connectivity index (χ3n) is 1.78. The summed E-state index contributed by atoms with van der Waals surface area (Å²) < 4.78 is 8.20. The molecule has 0 amide bonds. The van der Waals surface area contributed by atoms with Crippen LogP contribution in [0.1, 0.15) is 46.5 Å². The largest absolute Gasteiger partial charge is 0.147 e. The molecule has 5 heteroatoms. The molecule has 0 aliphatic heterocycles. The number of hydrogen-bond acceptors (Lipinski definition) is 2. The molecule has 0 heterocycles. The first-order valence-electron chi connectivity index (χ1n) is 5.47. The SMILES string of the molecule is CCCC[O][Ti][N](CCC)CCC.Cl.Cl. The van der Waals surface area contributed by atoms with Gasteiger partial charge in [0.2, 0.25) is 0 Å². The molecule has 0 aromatic heterocycles. The van der Waals surface area contributed by atoms with Crippen LogP contribution in [-0.4, -0.2) is 23.1 Å². The smallest absolute Gasteiger partial charge is 0.147 e. The van der Waals surface area contributed by atoms with Crippen molar-refractivity contribution in [2.75, 3.05) is 19.7 Å². The number of hydrogen-bond donors (Lipinski definition) is 0. The molecule has 0 N–H and O–H groups in total. The minimum Gasteiger partial charge on any atom is -0.147 e. The van der Waals surface area contributed by atoms with E-state index in [0.717, 1.165) is 6.61 Å². The Balaban J connectivity index is -0.000000720. The second-order valence-electron chi connectivity index (χ2n) is 3.28. The first-order chi connectivity index (χ1) is 6.35. The molecule has 0 unspecified atom stereocenters. The molecule has 0 aromatic rings. The monoisotopic (exact) mass is 293 g/mol. The quantitative estimate of drug-likeness (QED) is 0.475. The molecule has 0 saturated heterocycles. The molecule has 0 bridgehead atoms. The Morgan fingerprint density at radius 1 is 0.933 bits per heavy atom. The molecule has 0 aromatic carbocycles. The summed E-state index contributed by atoms with van der Waals surface area (Å²) in [6.07, 6.45) is 4.96. The van der Waals surface area contributed by atoms with Crippen LogP contribution in [0.2, 0.25) is 0 Å². The van der Waals surface area contributed by atoms with E-state index < -0.39 is 0 Å². The van der Waals surface area contributed by atoms with Gasteiger partial charge in [-0.15, -0.1) is 24.8 Å². The van der Waals surface area contributed by atoms with Crippen molar-refractivity contribution in [2.24, 2.45) is 0 Å². The van der Waals surface area contributed by atoms with Crippen molar-refractivity contribution < 1.29 is 23.1 Å². The molecule has 0 rings (SSSR count). The van der Waals surface area contributed by atoms with Gasteiger partial charge in [0.25, 0.3) is 0 Å². The molecular weight excluding hydrogens is 269 g/mol. The Morgan fingerprint density at radius 3 is 1.87 bits per heavy atom. The Bertz CT molecular complexity index is 103. The van der Waals surface area contributed by atoms with Gasteiger partial charge in [-0.1, -0.05) is 0 Å². The summed E-state index contributed by atoms with van der Waals surface area (Å²) in [7, 11) is 0. The van der Waals surface area contributed by atoms with Crippen molar-refractivity contribution >= 4 is 24.8 Å². The van der Waals surface area contributed by atoms with E-state index >= 15 is 0 Å². The van der Waals surface area contributed by atoms with Gasteiger partial charge in [-0.25, -0.2) is 0 Å². The third kappa shape index (κ3) is 15.2. The Hall–Kier alpha value is 1.21. The van der Waals surface area contributed by atoms with Gasteiger partial charge in [0.1, 0.15) is 0 Å². The van der Waals surface area contributed by atoms with Crippen molar-refractivity contribution in [1.29, 1.82) is 0 Å². The van der Waals surface area contributed by atoms with Gasteiger partial charge < -0.3 is 0 Å². The van der Waals surface area contributed by atoms with Gasteiger partial charge in [-0.2, -0.15) is 0 Å². The minimum absolute atomic E-state index is 0. The fraction of sp³-hybridized carbons (Fsp3) is 1.00. The molecule has 0 saturated carbocycles. The molecule has 0 atom stereocenters. The van der Waals surface area contributed by atoms with Crippen LogP contribution in [0.3, 0.4) is 0 Å². The van der Waals surface area contributed by atoms with Crippen LogP contribution in [0.15, 0.2) is 0 Å². The van der Waals surface area contributed by atoms with E-state index in [1.54, 1.807) is 0 Å². The standard InChI is InChI=1S/C6H14N.C4H9O.2ClH.Ti/c1-3-5-7-6-4-2;1-2-3-4-5;;;/h3-6H2,1-2H3;2-4H2,1H3;2*1H;/q2*-1;;;+2. The maximum Gasteiger partial charge on any atom is -0.147 e. The average Bonchev–Trinajstić information content (AvgIpc) is 2.13. The van der Waals surface area contributed by atoms with Crippen LogP contribution in [-0.2, 0) is 23.1 Å². The van der Waals surface area contributed by atoms with Gasteiger partial charge in [0.05, 0.1) is 0 Å². The fourth-order valence-corrected chi connectivity index (χ4v) is 2.73.